The van der Waals surface area contributed by atoms with E-state index in [1.807, 2.05) is 24.3 Å². The Balaban J connectivity index is 1.96. The first-order valence-corrected chi connectivity index (χ1v) is 6.25. The molecule has 0 spiro atoms. The van der Waals surface area contributed by atoms with Crippen LogP contribution in [0.1, 0.15) is 18.4 Å². The molecule has 4 nitrogen and oxygen atoms in total. The van der Waals surface area contributed by atoms with E-state index in [1.54, 1.807) is 6.20 Å². The smallest absolute Gasteiger partial charge is 0.305 e. The number of carbonyl (C=O) groups excluding carboxylic acids is 1. The Kier molecular flexibility index (Phi) is 4.34. The van der Waals surface area contributed by atoms with Gasteiger partial charge in [0, 0.05) is 24.1 Å². The second kappa shape index (κ2) is 6.18. The summed E-state index contributed by atoms with van der Waals surface area (Å²) in [5.41, 5.74) is 2.12. The molecular weight excluding hydrogens is 242 g/mol. The van der Waals surface area contributed by atoms with E-state index in [0.717, 1.165) is 16.7 Å². The molecule has 0 saturated carbocycles. The quantitative estimate of drug-likeness (QED) is 0.612. The largest absolute Gasteiger partial charge is 0.494 e. The van der Waals surface area contributed by atoms with Gasteiger partial charge in [-0.1, -0.05) is 0 Å². The zero-order valence-corrected chi connectivity index (χ0v) is 11.2. The van der Waals surface area contributed by atoms with E-state index in [2.05, 4.69) is 16.6 Å². The first-order chi connectivity index (χ1) is 9.20. The van der Waals surface area contributed by atoms with Crippen LogP contribution in [0.4, 0.5) is 0 Å². The molecule has 0 radical (unpaired) electrons. The Bertz CT molecular complexity index is 581. The molecule has 0 fully saturated rings. The van der Waals surface area contributed by atoms with Crippen LogP contribution in [0.15, 0.2) is 30.5 Å². The van der Waals surface area contributed by atoms with Crippen molar-refractivity contribution in [2.75, 3.05) is 13.7 Å². The van der Waals surface area contributed by atoms with Crippen molar-refractivity contribution in [3.8, 4) is 5.75 Å². The molecule has 0 N–H and O–H groups in total. The molecule has 0 aliphatic heterocycles. The number of esters is 1. The summed E-state index contributed by atoms with van der Waals surface area (Å²) in [6, 6.07) is 7.84. The van der Waals surface area contributed by atoms with E-state index in [9.17, 15) is 4.79 Å². The highest BCUT2D eigenvalue weighted by Gasteiger charge is 2.02. The first-order valence-electron chi connectivity index (χ1n) is 6.25. The van der Waals surface area contributed by atoms with Gasteiger partial charge in [0.1, 0.15) is 5.75 Å². The van der Waals surface area contributed by atoms with Crippen molar-refractivity contribution in [3.63, 3.8) is 0 Å². The third kappa shape index (κ3) is 3.44. The van der Waals surface area contributed by atoms with E-state index in [1.165, 1.54) is 12.7 Å². The topological polar surface area (TPSA) is 48.4 Å². The molecule has 1 heterocycles. The second-order valence-corrected chi connectivity index (χ2v) is 4.33. The summed E-state index contributed by atoms with van der Waals surface area (Å²) in [6.07, 6.45) is 2.81. The number of methoxy groups -OCH3 is 1. The number of ether oxygens (including phenoxy) is 2. The van der Waals surface area contributed by atoms with Gasteiger partial charge in [0.05, 0.1) is 19.2 Å². The van der Waals surface area contributed by atoms with Crippen molar-refractivity contribution in [1.29, 1.82) is 0 Å². The number of carbonyl (C=O) groups is 1. The summed E-state index contributed by atoms with van der Waals surface area (Å²) in [4.78, 5) is 15.3. The minimum atomic E-state index is -0.209. The zero-order chi connectivity index (χ0) is 13.7. The Morgan fingerprint density at radius 3 is 2.95 bits per heavy atom. The summed E-state index contributed by atoms with van der Waals surface area (Å²) in [7, 11) is 1.39. The lowest BCUT2D eigenvalue weighted by molar-refractivity contribution is -0.140. The number of aryl methyl sites for hydroxylation is 1. The lowest BCUT2D eigenvalue weighted by Crippen LogP contribution is -2.04. The molecule has 100 valence electrons. The van der Waals surface area contributed by atoms with Crippen LogP contribution in [-0.4, -0.2) is 24.7 Å². The van der Waals surface area contributed by atoms with Crippen molar-refractivity contribution < 1.29 is 14.3 Å². The minimum absolute atomic E-state index is 0.209. The van der Waals surface area contributed by atoms with Gasteiger partial charge in [-0.05, 0) is 37.1 Å². The van der Waals surface area contributed by atoms with Crippen molar-refractivity contribution in [2.24, 2.45) is 0 Å². The van der Waals surface area contributed by atoms with Gasteiger partial charge in [0.2, 0.25) is 0 Å². The molecule has 1 aromatic heterocycles. The lowest BCUT2D eigenvalue weighted by Gasteiger charge is -2.07. The number of fused-ring (bicyclic) bond motifs is 1. The number of nitrogens with zero attached hydrogens (tertiary/aromatic N) is 1. The van der Waals surface area contributed by atoms with Gasteiger partial charge < -0.3 is 9.47 Å². The predicted molar refractivity (Wildman–Crippen MR) is 73.2 cm³/mol. The molecule has 0 unspecified atom stereocenters. The van der Waals surface area contributed by atoms with Crippen LogP contribution in [-0.2, 0) is 9.53 Å². The number of pyridine rings is 1. The van der Waals surface area contributed by atoms with Crippen LogP contribution in [0.25, 0.3) is 10.9 Å². The van der Waals surface area contributed by atoms with E-state index in [0.29, 0.717) is 19.4 Å². The van der Waals surface area contributed by atoms with Crippen molar-refractivity contribution in [1.82, 2.24) is 4.98 Å². The van der Waals surface area contributed by atoms with Gasteiger partial charge in [0.15, 0.2) is 0 Å². The van der Waals surface area contributed by atoms with Gasteiger partial charge in [-0.15, -0.1) is 0 Å². The molecule has 0 aliphatic carbocycles. The molecule has 1 aromatic carbocycles. The van der Waals surface area contributed by atoms with E-state index in [4.69, 9.17) is 4.74 Å². The highest BCUT2D eigenvalue weighted by Crippen LogP contribution is 2.21. The maximum atomic E-state index is 10.9. The molecule has 0 saturated heterocycles. The standard InChI is InChI=1S/C15H17NO3/c1-11-7-8-16-14-10-12(5-6-13(11)14)19-9-3-4-15(17)18-2/h5-8,10H,3-4,9H2,1-2H3. The summed E-state index contributed by atoms with van der Waals surface area (Å²) in [6.45, 7) is 2.55. The highest BCUT2D eigenvalue weighted by atomic mass is 16.5. The molecule has 0 aliphatic rings. The second-order valence-electron chi connectivity index (χ2n) is 4.33. The Morgan fingerprint density at radius 2 is 2.16 bits per heavy atom. The summed E-state index contributed by atoms with van der Waals surface area (Å²) >= 11 is 0. The fourth-order valence-electron chi connectivity index (χ4n) is 1.87. The van der Waals surface area contributed by atoms with Crippen molar-refractivity contribution in [3.05, 3.63) is 36.0 Å². The Morgan fingerprint density at radius 1 is 1.32 bits per heavy atom. The van der Waals surface area contributed by atoms with Crippen LogP contribution < -0.4 is 4.74 Å². The lowest BCUT2D eigenvalue weighted by atomic mass is 10.1. The molecule has 4 heteroatoms. The van der Waals surface area contributed by atoms with E-state index < -0.39 is 0 Å². The van der Waals surface area contributed by atoms with Gasteiger partial charge in [-0.25, -0.2) is 0 Å². The molecule has 0 bridgehead atoms. The number of hydrogen-bond donors (Lipinski definition) is 0. The van der Waals surface area contributed by atoms with E-state index >= 15 is 0 Å². The Hall–Kier alpha value is -2.10. The van der Waals surface area contributed by atoms with Crippen LogP contribution in [0.5, 0.6) is 5.75 Å². The van der Waals surface area contributed by atoms with E-state index in [-0.39, 0.29) is 5.97 Å². The highest BCUT2D eigenvalue weighted by molar-refractivity contribution is 5.82. The normalized spacial score (nSPS) is 10.4. The maximum Gasteiger partial charge on any atom is 0.305 e. The van der Waals surface area contributed by atoms with Crippen molar-refractivity contribution in [2.45, 2.75) is 19.8 Å². The summed E-state index contributed by atoms with van der Waals surface area (Å²) in [5, 5.41) is 1.13. The van der Waals surface area contributed by atoms with Gasteiger partial charge in [-0.2, -0.15) is 0 Å². The minimum Gasteiger partial charge on any atom is -0.494 e. The van der Waals surface area contributed by atoms with Gasteiger partial charge >= 0.3 is 5.97 Å². The molecule has 2 rings (SSSR count). The maximum absolute atomic E-state index is 10.9. The molecule has 0 atom stereocenters. The Labute approximate surface area is 112 Å². The number of aromatic nitrogens is 1. The average Bonchev–Trinajstić information content (AvgIpc) is 2.43. The molecule has 19 heavy (non-hydrogen) atoms. The zero-order valence-electron chi connectivity index (χ0n) is 11.2. The van der Waals surface area contributed by atoms with Gasteiger partial charge in [-0.3, -0.25) is 9.78 Å². The van der Waals surface area contributed by atoms with Crippen molar-refractivity contribution >= 4 is 16.9 Å². The van der Waals surface area contributed by atoms with Crippen LogP contribution in [0.2, 0.25) is 0 Å². The fourth-order valence-corrected chi connectivity index (χ4v) is 1.87. The molecule has 2 aromatic rings. The van der Waals surface area contributed by atoms with Crippen LogP contribution in [0, 0.1) is 6.92 Å². The summed E-state index contributed by atoms with van der Waals surface area (Å²) in [5.74, 6) is 0.565. The molecule has 0 amide bonds. The number of hydrogen-bond acceptors (Lipinski definition) is 4. The summed E-state index contributed by atoms with van der Waals surface area (Å²) < 4.78 is 10.2. The fraction of sp³-hybridized carbons (Fsp3) is 0.333. The predicted octanol–water partition coefficient (Wildman–Crippen LogP) is 2.88. The van der Waals surface area contributed by atoms with Gasteiger partial charge in [0.25, 0.3) is 0 Å². The third-order valence-corrected chi connectivity index (χ3v) is 2.95. The molecular formula is C15H17NO3. The monoisotopic (exact) mass is 259 g/mol. The third-order valence-electron chi connectivity index (χ3n) is 2.95. The SMILES string of the molecule is COC(=O)CCCOc1ccc2c(C)ccnc2c1. The average molecular weight is 259 g/mol. The first kappa shape index (κ1) is 13.3. The number of benzene rings is 1. The number of rotatable bonds is 5. The van der Waals surface area contributed by atoms with Crippen LogP contribution >= 0.6 is 0 Å². The van der Waals surface area contributed by atoms with Crippen LogP contribution in [0.3, 0.4) is 0 Å².